The molecule has 0 aliphatic heterocycles. The molecule has 0 radical (unpaired) electrons. The lowest BCUT2D eigenvalue weighted by molar-refractivity contribution is 0.476. The van der Waals surface area contributed by atoms with E-state index in [1.54, 1.807) is 0 Å². The predicted molar refractivity (Wildman–Crippen MR) is 86.9 cm³/mol. The lowest BCUT2D eigenvalue weighted by Gasteiger charge is -2.16. The van der Waals surface area contributed by atoms with Crippen molar-refractivity contribution in [2.45, 2.75) is 84.7 Å². The van der Waals surface area contributed by atoms with Gasteiger partial charge in [0.15, 0.2) is 0 Å². The minimum atomic E-state index is 0.483. The molecule has 3 heteroatoms. The number of rotatable bonds is 12. The Kier molecular flexibility index (Phi) is 9.38. The van der Waals surface area contributed by atoms with Crippen molar-refractivity contribution in [3.63, 3.8) is 0 Å². The van der Waals surface area contributed by atoms with Crippen molar-refractivity contribution in [2.24, 2.45) is 0 Å². The second kappa shape index (κ2) is 10.9. The molecule has 1 atom stereocenters. The largest absolute Gasteiger partial charge is 0.310 e. The summed E-state index contributed by atoms with van der Waals surface area (Å²) >= 11 is 0. The van der Waals surface area contributed by atoms with Gasteiger partial charge < -0.3 is 5.32 Å². The Labute approximate surface area is 125 Å². The van der Waals surface area contributed by atoms with Gasteiger partial charge in [-0.25, -0.2) is 0 Å². The lowest BCUT2D eigenvalue weighted by Crippen LogP contribution is -2.20. The SMILES string of the molecule is CCCCCCCCC(NCC)c1cnn(CCC)c1. The first kappa shape index (κ1) is 17.2. The third-order valence-corrected chi connectivity index (χ3v) is 3.81. The Bertz CT molecular complexity index is 333. The summed E-state index contributed by atoms with van der Waals surface area (Å²) in [6.45, 7) is 8.70. The molecule has 0 bridgehead atoms. The van der Waals surface area contributed by atoms with Crippen LogP contribution in [0, 0.1) is 0 Å². The maximum Gasteiger partial charge on any atom is 0.0537 e. The van der Waals surface area contributed by atoms with E-state index in [0.29, 0.717) is 6.04 Å². The molecule has 116 valence electrons. The summed E-state index contributed by atoms with van der Waals surface area (Å²) in [6, 6.07) is 0.483. The first-order valence-corrected chi connectivity index (χ1v) is 8.57. The average Bonchev–Trinajstić information content (AvgIpc) is 2.90. The Balaban J connectivity index is 2.34. The van der Waals surface area contributed by atoms with Crippen LogP contribution in [0.3, 0.4) is 0 Å². The highest BCUT2D eigenvalue weighted by Gasteiger charge is 2.11. The minimum absolute atomic E-state index is 0.483. The zero-order valence-electron chi connectivity index (χ0n) is 13.7. The van der Waals surface area contributed by atoms with Gasteiger partial charge in [-0.1, -0.05) is 59.3 Å². The Morgan fingerprint density at radius 3 is 2.50 bits per heavy atom. The average molecular weight is 279 g/mol. The van der Waals surface area contributed by atoms with Crippen LogP contribution in [0.5, 0.6) is 0 Å². The highest BCUT2D eigenvalue weighted by atomic mass is 15.3. The van der Waals surface area contributed by atoms with Crippen LogP contribution in [0.2, 0.25) is 0 Å². The maximum atomic E-state index is 4.45. The highest BCUT2D eigenvalue weighted by Crippen LogP contribution is 2.20. The van der Waals surface area contributed by atoms with Crippen molar-refractivity contribution in [2.75, 3.05) is 6.54 Å². The van der Waals surface area contributed by atoms with Crippen LogP contribution in [0.4, 0.5) is 0 Å². The number of hydrogen-bond acceptors (Lipinski definition) is 2. The molecule has 1 unspecified atom stereocenters. The van der Waals surface area contributed by atoms with Crippen LogP contribution in [-0.2, 0) is 6.54 Å². The van der Waals surface area contributed by atoms with Crippen molar-refractivity contribution < 1.29 is 0 Å². The molecule has 1 aromatic heterocycles. The van der Waals surface area contributed by atoms with Crippen LogP contribution in [-0.4, -0.2) is 16.3 Å². The molecule has 0 aromatic carbocycles. The zero-order chi connectivity index (χ0) is 14.6. The summed E-state index contributed by atoms with van der Waals surface area (Å²) < 4.78 is 2.07. The van der Waals surface area contributed by atoms with Gasteiger partial charge in [0.1, 0.15) is 0 Å². The molecule has 0 spiro atoms. The normalized spacial score (nSPS) is 12.8. The van der Waals surface area contributed by atoms with Crippen LogP contribution in [0.25, 0.3) is 0 Å². The monoisotopic (exact) mass is 279 g/mol. The predicted octanol–water partition coefficient (Wildman–Crippen LogP) is 4.69. The third-order valence-electron chi connectivity index (χ3n) is 3.81. The van der Waals surface area contributed by atoms with Crippen molar-refractivity contribution in [3.8, 4) is 0 Å². The van der Waals surface area contributed by atoms with E-state index < -0.39 is 0 Å². The molecule has 0 amide bonds. The van der Waals surface area contributed by atoms with Gasteiger partial charge in [0.2, 0.25) is 0 Å². The smallest absolute Gasteiger partial charge is 0.0537 e. The van der Waals surface area contributed by atoms with E-state index in [1.807, 2.05) is 6.20 Å². The molecule has 0 aliphatic carbocycles. The molecule has 3 nitrogen and oxygen atoms in total. The summed E-state index contributed by atoms with van der Waals surface area (Å²) in [5, 5.41) is 8.06. The van der Waals surface area contributed by atoms with E-state index in [0.717, 1.165) is 19.5 Å². The number of hydrogen-bond donors (Lipinski definition) is 1. The number of aromatic nitrogens is 2. The van der Waals surface area contributed by atoms with Gasteiger partial charge in [0.25, 0.3) is 0 Å². The minimum Gasteiger partial charge on any atom is -0.310 e. The molecule has 0 saturated carbocycles. The molecule has 0 aliphatic rings. The summed E-state index contributed by atoms with van der Waals surface area (Å²) in [5.74, 6) is 0. The van der Waals surface area contributed by atoms with Gasteiger partial charge in [-0.2, -0.15) is 5.10 Å². The fourth-order valence-corrected chi connectivity index (χ4v) is 2.67. The van der Waals surface area contributed by atoms with Crippen molar-refractivity contribution in [1.82, 2.24) is 15.1 Å². The van der Waals surface area contributed by atoms with Gasteiger partial charge in [0, 0.05) is 24.3 Å². The summed E-state index contributed by atoms with van der Waals surface area (Å²) in [5.41, 5.74) is 1.36. The standard InChI is InChI=1S/C17H33N3/c1-4-7-8-9-10-11-12-17(18-6-3)16-14-19-20(15-16)13-5-2/h14-15,17-18H,4-13H2,1-3H3. The maximum absolute atomic E-state index is 4.45. The lowest BCUT2D eigenvalue weighted by atomic mass is 10.0. The number of aryl methyl sites for hydroxylation is 1. The van der Waals surface area contributed by atoms with Gasteiger partial charge in [0.05, 0.1) is 6.20 Å². The molecule has 20 heavy (non-hydrogen) atoms. The Morgan fingerprint density at radius 1 is 1.05 bits per heavy atom. The quantitative estimate of drug-likeness (QED) is 0.562. The van der Waals surface area contributed by atoms with Gasteiger partial charge in [-0.15, -0.1) is 0 Å². The van der Waals surface area contributed by atoms with Crippen LogP contribution in [0.1, 0.15) is 83.7 Å². The van der Waals surface area contributed by atoms with Gasteiger partial charge >= 0.3 is 0 Å². The molecule has 1 N–H and O–H groups in total. The summed E-state index contributed by atoms with van der Waals surface area (Å²) in [7, 11) is 0. The highest BCUT2D eigenvalue weighted by molar-refractivity contribution is 5.10. The first-order chi connectivity index (χ1) is 9.81. The summed E-state index contributed by atoms with van der Waals surface area (Å²) in [6.07, 6.45) is 14.8. The molecule has 0 saturated heterocycles. The second-order valence-electron chi connectivity index (χ2n) is 5.70. The molecule has 1 heterocycles. The Hall–Kier alpha value is -0.830. The van der Waals surface area contributed by atoms with E-state index in [1.165, 1.54) is 50.5 Å². The van der Waals surface area contributed by atoms with Crippen LogP contribution < -0.4 is 5.32 Å². The summed E-state index contributed by atoms with van der Waals surface area (Å²) in [4.78, 5) is 0. The van der Waals surface area contributed by atoms with Crippen molar-refractivity contribution >= 4 is 0 Å². The molecule has 1 rings (SSSR count). The van der Waals surface area contributed by atoms with Gasteiger partial charge in [-0.05, 0) is 19.4 Å². The number of nitrogens with one attached hydrogen (secondary N) is 1. The number of nitrogens with zero attached hydrogens (tertiary/aromatic N) is 2. The van der Waals surface area contributed by atoms with E-state index >= 15 is 0 Å². The van der Waals surface area contributed by atoms with Crippen LogP contribution in [0.15, 0.2) is 12.4 Å². The Morgan fingerprint density at radius 2 is 1.80 bits per heavy atom. The van der Waals surface area contributed by atoms with Crippen molar-refractivity contribution in [1.29, 1.82) is 0 Å². The topological polar surface area (TPSA) is 29.9 Å². The number of unbranched alkanes of at least 4 members (excludes halogenated alkanes) is 5. The van der Waals surface area contributed by atoms with E-state index in [2.05, 4.69) is 42.1 Å². The second-order valence-corrected chi connectivity index (χ2v) is 5.70. The fourth-order valence-electron chi connectivity index (χ4n) is 2.67. The van der Waals surface area contributed by atoms with Gasteiger partial charge in [-0.3, -0.25) is 4.68 Å². The molecule has 1 aromatic rings. The zero-order valence-corrected chi connectivity index (χ0v) is 13.7. The van der Waals surface area contributed by atoms with Crippen LogP contribution >= 0.6 is 0 Å². The van der Waals surface area contributed by atoms with E-state index in [9.17, 15) is 0 Å². The third kappa shape index (κ3) is 6.56. The molecule has 0 fully saturated rings. The molecular weight excluding hydrogens is 246 g/mol. The van der Waals surface area contributed by atoms with Crippen molar-refractivity contribution in [3.05, 3.63) is 18.0 Å². The van der Waals surface area contributed by atoms with E-state index in [4.69, 9.17) is 0 Å². The first-order valence-electron chi connectivity index (χ1n) is 8.57. The molecular formula is C17H33N3. The van der Waals surface area contributed by atoms with E-state index in [-0.39, 0.29) is 0 Å². The fraction of sp³-hybridized carbons (Fsp3) is 0.824.